The van der Waals surface area contributed by atoms with Gasteiger partial charge in [-0.25, -0.2) is 5.84 Å². The van der Waals surface area contributed by atoms with E-state index in [1.807, 2.05) is 29.0 Å². The summed E-state index contributed by atoms with van der Waals surface area (Å²) < 4.78 is 1.84. The van der Waals surface area contributed by atoms with Gasteiger partial charge >= 0.3 is 0 Å². The first-order chi connectivity index (χ1) is 8.74. The van der Waals surface area contributed by atoms with Crippen molar-refractivity contribution in [2.45, 2.75) is 6.54 Å². The van der Waals surface area contributed by atoms with Crippen molar-refractivity contribution < 1.29 is 9.59 Å². The topological polar surface area (TPSA) is 77.1 Å². The number of carbonyl (C=O) groups is 2. The molecule has 0 radical (unpaired) electrons. The van der Waals surface area contributed by atoms with Crippen LogP contribution >= 0.6 is 0 Å². The number of aldehydes is 1. The molecule has 2 aromatic rings. The molecule has 0 bridgehead atoms. The molecule has 0 unspecified atom stereocenters. The highest BCUT2D eigenvalue weighted by molar-refractivity contribution is 5.93. The van der Waals surface area contributed by atoms with Crippen molar-refractivity contribution >= 4 is 12.2 Å². The Morgan fingerprint density at radius 1 is 1.28 bits per heavy atom. The van der Waals surface area contributed by atoms with E-state index in [0.717, 1.165) is 11.8 Å². The summed E-state index contributed by atoms with van der Waals surface area (Å²) in [4.78, 5) is 22.0. The monoisotopic (exact) mass is 243 g/mol. The van der Waals surface area contributed by atoms with Gasteiger partial charge in [-0.15, -0.1) is 0 Å². The summed E-state index contributed by atoms with van der Waals surface area (Å²) in [7, 11) is 0. The van der Waals surface area contributed by atoms with Crippen LogP contribution in [0.1, 0.15) is 26.4 Å². The molecule has 92 valence electrons. The van der Waals surface area contributed by atoms with E-state index in [9.17, 15) is 9.59 Å². The van der Waals surface area contributed by atoms with Crippen LogP contribution in [0.3, 0.4) is 0 Å². The Morgan fingerprint density at radius 2 is 2.00 bits per heavy atom. The summed E-state index contributed by atoms with van der Waals surface area (Å²) in [5.74, 6) is 4.72. The molecule has 5 nitrogen and oxygen atoms in total. The summed E-state index contributed by atoms with van der Waals surface area (Å²) in [6.45, 7) is 0.589. The summed E-state index contributed by atoms with van der Waals surface area (Å²) in [5, 5.41) is 0. The van der Waals surface area contributed by atoms with Gasteiger partial charge in [0.2, 0.25) is 0 Å². The molecule has 0 aliphatic heterocycles. The Balaban J connectivity index is 2.16. The Bertz CT molecular complexity index is 558. The van der Waals surface area contributed by atoms with Crippen LogP contribution in [-0.4, -0.2) is 16.8 Å². The van der Waals surface area contributed by atoms with E-state index in [2.05, 4.69) is 5.43 Å². The fourth-order valence-corrected chi connectivity index (χ4v) is 1.72. The standard InChI is InChI=1S/C13H13N3O2/c14-15-13(18)11-5-3-10(4-6-11)8-16-7-1-2-12(16)9-17/h1-7,9H,8,14H2,(H,15,18). The minimum Gasteiger partial charge on any atom is -0.341 e. The van der Waals surface area contributed by atoms with Gasteiger partial charge in [0.25, 0.3) is 5.91 Å². The first-order valence-corrected chi connectivity index (χ1v) is 5.45. The summed E-state index contributed by atoms with van der Waals surface area (Å²) in [6, 6.07) is 10.6. The molecule has 1 aromatic heterocycles. The third-order valence-electron chi connectivity index (χ3n) is 2.69. The van der Waals surface area contributed by atoms with Gasteiger partial charge in [-0.3, -0.25) is 15.0 Å². The Morgan fingerprint density at radius 3 is 2.61 bits per heavy atom. The molecule has 0 saturated heterocycles. The molecule has 5 heteroatoms. The maximum Gasteiger partial charge on any atom is 0.265 e. The van der Waals surface area contributed by atoms with Gasteiger partial charge in [-0.2, -0.15) is 0 Å². The molecule has 1 aromatic carbocycles. The summed E-state index contributed by atoms with van der Waals surface area (Å²) in [6.07, 6.45) is 2.65. The zero-order chi connectivity index (χ0) is 13.0. The third-order valence-corrected chi connectivity index (χ3v) is 2.69. The van der Waals surface area contributed by atoms with Crippen molar-refractivity contribution in [2.24, 2.45) is 5.84 Å². The largest absolute Gasteiger partial charge is 0.341 e. The first kappa shape index (κ1) is 12.1. The van der Waals surface area contributed by atoms with E-state index >= 15 is 0 Å². The van der Waals surface area contributed by atoms with Crippen LogP contribution in [0, 0.1) is 0 Å². The van der Waals surface area contributed by atoms with Crippen molar-refractivity contribution in [2.75, 3.05) is 0 Å². The number of nitrogen functional groups attached to an aromatic ring is 1. The highest BCUT2D eigenvalue weighted by Gasteiger charge is 2.04. The molecular weight excluding hydrogens is 230 g/mol. The number of carbonyl (C=O) groups excluding carboxylic acids is 2. The molecule has 2 rings (SSSR count). The fourth-order valence-electron chi connectivity index (χ4n) is 1.72. The second-order valence-corrected chi connectivity index (χ2v) is 3.85. The third kappa shape index (κ3) is 2.46. The van der Waals surface area contributed by atoms with E-state index in [4.69, 9.17) is 5.84 Å². The van der Waals surface area contributed by atoms with Crippen LogP contribution in [0.2, 0.25) is 0 Å². The number of aromatic nitrogens is 1. The van der Waals surface area contributed by atoms with Crippen molar-refractivity contribution in [1.82, 2.24) is 9.99 Å². The fraction of sp³-hybridized carbons (Fsp3) is 0.0769. The van der Waals surface area contributed by atoms with Gasteiger partial charge < -0.3 is 4.57 Å². The number of hydrogen-bond donors (Lipinski definition) is 2. The zero-order valence-electron chi connectivity index (χ0n) is 9.67. The summed E-state index contributed by atoms with van der Waals surface area (Å²) >= 11 is 0. The Labute approximate surface area is 104 Å². The average molecular weight is 243 g/mol. The maximum atomic E-state index is 11.3. The van der Waals surface area contributed by atoms with E-state index in [0.29, 0.717) is 17.8 Å². The smallest absolute Gasteiger partial charge is 0.265 e. The van der Waals surface area contributed by atoms with Gasteiger partial charge in [0.05, 0.1) is 5.69 Å². The number of nitrogens with zero attached hydrogens (tertiary/aromatic N) is 1. The quantitative estimate of drug-likeness (QED) is 0.363. The lowest BCUT2D eigenvalue weighted by molar-refractivity contribution is 0.0953. The molecule has 0 aliphatic rings. The second kappa shape index (κ2) is 5.29. The predicted octanol–water partition coefficient (Wildman–Crippen LogP) is 0.952. The van der Waals surface area contributed by atoms with Crippen molar-refractivity contribution in [3.63, 3.8) is 0 Å². The SMILES string of the molecule is NNC(=O)c1ccc(Cn2cccc2C=O)cc1. The van der Waals surface area contributed by atoms with Crippen LogP contribution < -0.4 is 11.3 Å². The molecule has 0 atom stereocenters. The highest BCUT2D eigenvalue weighted by Crippen LogP contribution is 2.08. The van der Waals surface area contributed by atoms with Gasteiger partial charge in [0.15, 0.2) is 6.29 Å². The lowest BCUT2D eigenvalue weighted by atomic mass is 10.1. The van der Waals surface area contributed by atoms with Crippen LogP contribution in [-0.2, 0) is 6.54 Å². The molecule has 0 fully saturated rings. The molecule has 0 aliphatic carbocycles. The van der Waals surface area contributed by atoms with Crippen LogP contribution in [0.4, 0.5) is 0 Å². The molecular formula is C13H13N3O2. The lowest BCUT2D eigenvalue weighted by Crippen LogP contribution is -2.29. The molecule has 0 saturated carbocycles. The number of amides is 1. The van der Waals surface area contributed by atoms with Gasteiger partial charge in [-0.1, -0.05) is 12.1 Å². The van der Waals surface area contributed by atoms with E-state index < -0.39 is 0 Å². The van der Waals surface area contributed by atoms with Crippen LogP contribution in [0.25, 0.3) is 0 Å². The van der Waals surface area contributed by atoms with Gasteiger partial charge in [0.1, 0.15) is 0 Å². The maximum absolute atomic E-state index is 11.3. The Kier molecular flexibility index (Phi) is 3.54. The first-order valence-electron chi connectivity index (χ1n) is 5.45. The molecule has 1 heterocycles. The van der Waals surface area contributed by atoms with Gasteiger partial charge in [-0.05, 0) is 29.8 Å². The molecule has 3 N–H and O–H groups in total. The average Bonchev–Trinajstić information content (AvgIpc) is 2.86. The number of hydrazine groups is 1. The Hall–Kier alpha value is -2.40. The molecule has 1 amide bonds. The van der Waals surface area contributed by atoms with E-state index in [1.165, 1.54) is 0 Å². The number of nitrogens with two attached hydrogens (primary N) is 1. The molecule has 0 spiro atoms. The number of benzene rings is 1. The summed E-state index contributed by atoms with van der Waals surface area (Å²) in [5.41, 5.74) is 4.20. The number of hydrogen-bond acceptors (Lipinski definition) is 3. The van der Waals surface area contributed by atoms with E-state index in [1.54, 1.807) is 18.2 Å². The van der Waals surface area contributed by atoms with Crippen molar-refractivity contribution in [3.8, 4) is 0 Å². The van der Waals surface area contributed by atoms with E-state index in [-0.39, 0.29) is 5.91 Å². The highest BCUT2D eigenvalue weighted by atomic mass is 16.2. The lowest BCUT2D eigenvalue weighted by Gasteiger charge is -2.06. The van der Waals surface area contributed by atoms with Gasteiger partial charge in [0, 0.05) is 18.3 Å². The van der Waals surface area contributed by atoms with Crippen LogP contribution in [0.5, 0.6) is 0 Å². The number of rotatable bonds is 4. The minimum absolute atomic E-state index is 0.323. The van der Waals surface area contributed by atoms with Crippen molar-refractivity contribution in [3.05, 3.63) is 59.4 Å². The zero-order valence-corrected chi connectivity index (χ0v) is 9.67. The van der Waals surface area contributed by atoms with Crippen molar-refractivity contribution in [1.29, 1.82) is 0 Å². The molecule has 18 heavy (non-hydrogen) atoms. The number of nitrogens with one attached hydrogen (secondary N) is 1. The predicted molar refractivity (Wildman–Crippen MR) is 67.0 cm³/mol. The second-order valence-electron chi connectivity index (χ2n) is 3.85. The van der Waals surface area contributed by atoms with Crippen LogP contribution in [0.15, 0.2) is 42.6 Å². The minimum atomic E-state index is -0.323. The normalized spacial score (nSPS) is 10.1.